The third-order valence-corrected chi connectivity index (χ3v) is 5.48. The molecule has 5 rings (SSSR count). The molecule has 7 heteroatoms. The number of pyridine rings is 1. The number of rotatable bonds is 3. The molecule has 3 aromatic rings. The number of hydrogen-bond acceptors (Lipinski definition) is 5. The van der Waals surface area contributed by atoms with Gasteiger partial charge in [0, 0.05) is 43.4 Å². The van der Waals surface area contributed by atoms with Gasteiger partial charge in [-0.15, -0.1) is 10.2 Å². The van der Waals surface area contributed by atoms with Crippen LogP contribution in [0.25, 0.3) is 11.4 Å². The number of carbonyl (C=O) groups excluding carboxylic acids is 1. The summed E-state index contributed by atoms with van der Waals surface area (Å²) in [6, 6.07) is 9.77. The molecule has 2 aliphatic heterocycles. The Morgan fingerprint density at radius 2 is 2.00 bits per heavy atom. The summed E-state index contributed by atoms with van der Waals surface area (Å²) in [6.45, 7) is 1.42. The van der Waals surface area contributed by atoms with E-state index in [0.29, 0.717) is 12.2 Å². The zero-order valence-electron chi connectivity index (χ0n) is 15.5. The van der Waals surface area contributed by atoms with Crippen LogP contribution in [-0.4, -0.2) is 38.3 Å². The third-order valence-electron chi connectivity index (χ3n) is 5.48. The number of nitrogens with zero attached hydrogens (tertiary/aromatic N) is 4. The zero-order chi connectivity index (χ0) is 18.9. The molecule has 0 radical (unpaired) electrons. The van der Waals surface area contributed by atoms with E-state index in [1.54, 1.807) is 12.4 Å². The third kappa shape index (κ3) is 3.02. The number of para-hydroxylation sites is 1. The molecular weight excluding hydrogens is 354 g/mol. The summed E-state index contributed by atoms with van der Waals surface area (Å²) in [6.07, 6.45) is 6.85. The van der Waals surface area contributed by atoms with Gasteiger partial charge in [-0.25, -0.2) is 0 Å². The Kier molecular flexibility index (Phi) is 4.27. The average Bonchev–Trinajstić information content (AvgIpc) is 3.32. The fourth-order valence-electron chi connectivity index (χ4n) is 4.00. The minimum absolute atomic E-state index is 0.0595. The summed E-state index contributed by atoms with van der Waals surface area (Å²) < 4.78 is 7.84. The van der Waals surface area contributed by atoms with Crippen molar-refractivity contribution in [2.45, 2.75) is 38.3 Å². The smallest absolute Gasteiger partial charge is 0.255 e. The monoisotopic (exact) mass is 375 g/mol. The van der Waals surface area contributed by atoms with Crippen molar-refractivity contribution in [1.29, 1.82) is 0 Å². The maximum absolute atomic E-state index is 12.9. The molecule has 4 heterocycles. The predicted molar refractivity (Wildman–Crippen MR) is 103 cm³/mol. The molecule has 2 aromatic heterocycles. The van der Waals surface area contributed by atoms with Crippen LogP contribution in [0.2, 0.25) is 0 Å². The van der Waals surface area contributed by atoms with Crippen LogP contribution in [0.1, 0.15) is 34.6 Å². The van der Waals surface area contributed by atoms with Crippen LogP contribution in [0.3, 0.4) is 0 Å². The molecule has 1 amide bonds. The molecule has 142 valence electrons. The summed E-state index contributed by atoms with van der Waals surface area (Å²) in [4.78, 5) is 16.9. The highest BCUT2D eigenvalue weighted by molar-refractivity contribution is 5.97. The maximum Gasteiger partial charge on any atom is 0.255 e. The molecule has 0 spiro atoms. The first-order valence-electron chi connectivity index (χ1n) is 9.67. The quantitative estimate of drug-likeness (QED) is 0.760. The van der Waals surface area contributed by atoms with E-state index in [9.17, 15) is 4.79 Å². The van der Waals surface area contributed by atoms with Gasteiger partial charge in [0.1, 0.15) is 11.6 Å². The first kappa shape index (κ1) is 16.9. The van der Waals surface area contributed by atoms with Crippen molar-refractivity contribution in [1.82, 2.24) is 25.1 Å². The second-order valence-electron chi connectivity index (χ2n) is 7.22. The number of hydrogen-bond donors (Lipinski definition) is 1. The van der Waals surface area contributed by atoms with Gasteiger partial charge in [0.25, 0.3) is 5.91 Å². The van der Waals surface area contributed by atoms with Gasteiger partial charge in [0.2, 0.25) is 0 Å². The number of benzene rings is 1. The summed E-state index contributed by atoms with van der Waals surface area (Å²) in [5, 5.41) is 11.9. The van der Waals surface area contributed by atoms with Crippen LogP contribution >= 0.6 is 0 Å². The van der Waals surface area contributed by atoms with Crippen LogP contribution in [0.4, 0.5) is 0 Å². The second kappa shape index (κ2) is 7.07. The largest absolute Gasteiger partial charge is 0.492 e. The molecule has 2 aliphatic rings. The molecule has 0 aliphatic carbocycles. The molecule has 1 N–H and O–H groups in total. The van der Waals surface area contributed by atoms with Crippen molar-refractivity contribution in [2.75, 3.05) is 6.61 Å². The fraction of sp³-hybridized carbons (Fsp3) is 0.333. The molecule has 28 heavy (non-hydrogen) atoms. The lowest BCUT2D eigenvalue weighted by atomic mass is 10.1. The first-order chi connectivity index (χ1) is 13.8. The molecular formula is C21H21N5O2. The Morgan fingerprint density at radius 1 is 1.11 bits per heavy atom. The molecule has 1 atom stereocenters. The fourth-order valence-corrected chi connectivity index (χ4v) is 4.00. The Hall–Kier alpha value is -3.22. The van der Waals surface area contributed by atoms with Gasteiger partial charge >= 0.3 is 0 Å². The van der Waals surface area contributed by atoms with Gasteiger partial charge in [-0.3, -0.25) is 9.78 Å². The van der Waals surface area contributed by atoms with Gasteiger partial charge in [0.05, 0.1) is 12.2 Å². The Labute approximate surface area is 162 Å². The van der Waals surface area contributed by atoms with E-state index in [1.807, 2.05) is 30.3 Å². The molecule has 1 aromatic carbocycles. The van der Waals surface area contributed by atoms with E-state index in [2.05, 4.69) is 25.1 Å². The summed E-state index contributed by atoms with van der Waals surface area (Å²) >= 11 is 0. The number of aryl methyl sites for hydroxylation is 1. The van der Waals surface area contributed by atoms with Crippen molar-refractivity contribution in [3.63, 3.8) is 0 Å². The van der Waals surface area contributed by atoms with Crippen molar-refractivity contribution >= 4 is 5.91 Å². The summed E-state index contributed by atoms with van der Waals surface area (Å²) in [5.74, 6) is 2.51. The number of amides is 1. The van der Waals surface area contributed by atoms with Crippen LogP contribution < -0.4 is 10.1 Å². The number of ether oxygens (including phenoxy) is 1. The Balaban J connectivity index is 1.31. The second-order valence-corrected chi connectivity index (χ2v) is 7.22. The number of carbonyl (C=O) groups is 1. The standard InChI is InChI=1S/C21H21N5O2/c27-21(17-3-1-2-14-9-13-28-19(14)17)23-16-4-5-18-24-25-20(26(18)12-8-16)15-6-10-22-11-7-15/h1-3,6-7,10-11,16H,4-5,8-9,12-13H2,(H,23,27). The number of nitrogens with one attached hydrogen (secondary N) is 1. The highest BCUT2D eigenvalue weighted by Gasteiger charge is 2.25. The molecule has 0 saturated heterocycles. The van der Waals surface area contributed by atoms with Crippen LogP contribution in [-0.2, 0) is 19.4 Å². The SMILES string of the molecule is O=C(NC1CCc2nnc(-c3ccncc3)n2CC1)c1cccc2c1OCC2. The van der Waals surface area contributed by atoms with Crippen LogP contribution in [0.15, 0.2) is 42.7 Å². The minimum Gasteiger partial charge on any atom is -0.492 e. The Bertz CT molecular complexity index is 1010. The predicted octanol–water partition coefficient (Wildman–Crippen LogP) is 2.41. The van der Waals surface area contributed by atoms with E-state index in [1.165, 1.54) is 0 Å². The molecule has 0 bridgehead atoms. The topological polar surface area (TPSA) is 81.9 Å². The van der Waals surface area contributed by atoms with Crippen LogP contribution in [0.5, 0.6) is 5.75 Å². The van der Waals surface area contributed by atoms with Gasteiger partial charge < -0.3 is 14.6 Å². The zero-order valence-corrected chi connectivity index (χ0v) is 15.5. The molecule has 0 fully saturated rings. The van der Waals surface area contributed by atoms with Crippen molar-refractivity contribution in [3.8, 4) is 17.1 Å². The van der Waals surface area contributed by atoms with Gasteiger partial charge in [-0.2, -0.15) is 0 Å². The van der Waals surface area contributed by atoms with E-state index < -0.39 is 0 Å². The maximum atomic E-state index is 12.9. The van der Waals surface area contributed by atoms with Crippen molar-refractivity contribution < 1.29 is 9.53 Å². The number of aromatic nitrogens is 4. The minimum atomic E-state index is -0.0595. The lowest BCUT2D eigenvalue weighted by molar-refractivity contribution is 0.0929. The van der Waals surface area contributed by atoms with Gasteiger partial charge in [-0.05, 0) is 36.6 Å². The summed E-state index contributed by atoms with van der Waals surface area (Å²) in [7, 11) is 0. The molecule has 7 nitrogen and oxygen atoms in total. The van der Waals surface area contributed by atoms with E-state index in [4.69, 9.17) is 4.74 Å². The van der Waals surface area contributed by atoms with E-state index in [-0.39, 0.29) is 11.9 Å². The average molecular weight is 375 g/mol. The lowest BCUT2D eigenvalue weighted by Gasteiger charge is -2.17. The van der Waals surface area contributed by atoms with Crippen molar-refractivity contribution in [2.24, 2.45) is 0 Å². The first-order valence-corrected chi connectivity index (χ1v) is 9.67. The molecule has 0 saturated carbocycles. The highest BCUT2D eigenvalue weighted by Crippen LogP contribution is 2.29. The molecule has 1 unspecified atom stereocenters. The van der Waals surface area contributed by atoms with E-state index >= 15 is 0 Å². The van der Waals surface area contributed by atoms with E-state index in [0.717, 1.165) is 60.8 Å². The van der Waals surface area contributed by atoms with Gasteiger partial charge in [-0.1, -0.05) is 12.1 Å². The van der Waals surface area contributed by atoms with Crippen molar-refractivity contribution in [3.05, 3.63) is 59.7 Å². The number of fused-ring (bicyclic) bond motifs is 2. The Morgan fingerprint density at radius 3 is 2.89 bits per heavy atom. The van der Waals surface area contributed by atoms with Crippen LogP contribution in [0, 0.1) is 0 Å². The lowest BCUT2D eigenvalue weighted by Crippen LogP contribution is -2.35. The normalized spacial score (nSPS) is 17.9. The summed E-state index contributed by atoms with van der Waals surface area (Å²) in [5.41, 5.74) is 2.76. The van der Waals surface area contributed by atoms with Gasteiger partial charge in [0.15, 0.2) is 5.82 Å². The highest BCUT2D eigenvalue weighted by atomic mass is 16.5.